The van der Waals surface area contributed by atoms with Crippen molar-refractivity contribution >= 4 is 33.5 Å². The molecule has 1 heterocycles. The summed E-state index contributed by atoms with van der Waals surface area (Å²) < 4.78 is 6.37. The Morgan fingerprint density at radius 2 is 1.78 bits per heavy atom. The van der Waals surface area contributed by atoms with E-state index in [1.807, 2.05) is 65.0 Å². The van der Waals surface area contributed by atoms with Crippen LogP contribution in [0.3, 0.4) is 0 Å². The number of aryl methyl sites for hydroxylation is 2. The average molecular weight is 377 g/mol. The third-order valence-corrected chi connectivity index (χ3v) is 3.69. The first kappa shape index (κ1) is 17.5. The summed E-state index contributed by atoms with van der Waals surface area (Å²) in [5.74, 6) is 0.531. The van der Waals surface area contributed by atoms with Crippen LogP contribution in [0.25, 0.3) is 0 Å². The molecule has 0 saturated heterocycles. The van der Waals surface area contributed by atoms with Gasteiger partial charge >= 0.3 is 6.09 Å². The lowest BCUT2D eigenvalue weighted by Gasteiger charge is -2.27. The highest BCUT2D eigenvalue weighted by Gasteiger charge is 2.27. The van der Waals surface area contributed by atoms with Crippen LogP contribution in [-0.2, 0) is 4.74 Å². The summed E-state index contributed by atoms with van der Waals surface area (Å²) in [6.07, 6.45) is 1.23. The zero-order valence-electron chi connectivity index (χ0n) is 14.1. The molecule has 0 fully saturated rings. The van der Waals surface area contributed by atoms with Gasteiger partial charge in [-0.15, -0.1) is 0 Å². The number of ether oxygens (including phenoxy) is 1. The standard InChI is InChI=1S/C18H21BrN2O2/c1-12-6-7-15(14(19)10-12)21(17(22)23-18(3,4)5)16-11-13(2)8-9-20-16/h6-11H,1-5H3. The molecule has 0 aliphatic rings. The van der Waals surface area contributed by atoms with Gasteiger partial charge in [0.1, 0.15) is 11.4 Å². The number of nitrogens with zero attached hydrogens (tertiary/aromatic N) is 2. The van der Waals surface area contributed by atoms with Gasteiger partial charge in [-0.05, 0) is 85.9 Å². The lowest BCUT2D eigenvalue weighted by Crippen LogP contribution is -2.34. The van der Waals surface area contributed by atoms with E-state index in [0.29, 0.717) is 11.5 Å². The highest BCUT2D eigenvalue weighted by atomic mass is 79.9. The largest absolute Gasteiger partial charge is 0.443 e. The fourth-order valence-electron chi connectivity index (χ4n) is 2.06. The van der Waals surface area contributed by atoms with E-state index in [-0.39, 0.29) is 0 Å². The van der Waals surface area contributed by atoms with Crippen LogP contribution >= 0.6 is 15.9 Å². The van der Waals surface area contributed by atoms with Crippen molar-refractivity contribution in [2.24, 2.45) is 0 Å². The molecule has 0 spiro atoms. The number of hydrogen-bond donors (Lipinski definition) is 0. The maximum atomic E-state index is 12.8. The Bertz CT molecular complexity index is 723. The molecule has 122 valence electrons. The molecule has 23 heavy (non-hydrogen) atoms. The summed E-state index contributed by atoms with van der Waals surface area (Å²) in [6, 6.07) is 9.54. The summed E-state index contributed by atoms with van der Waals surface area (Å²) >= 11 is 3.53. The molecule has 1 aromatic heterocycles. The molecule has 2 rings (SSSR count). The third kappa shape index (κ3) is 4.55. The number of benzene rings is 1. The van der Waals surface area contributed by atoms with Gasteiger partial charge in [-0.1, -0.05) is 6.07 Å². The third-order valence-electron chi connectivity index (χ3n) is 3.05. The Hall–Kier alpha value is -1.88. The van der Waals surface area contributed by atoms with E-state index in [4.69, 9.17) is 4.74 Å². The Balaban J connectivity index is 2.53. The van der Waals surface area contributed by atoms with Crippen molar-refractivity contribution in [1.82, 2.24) is 4.98 Å². The summed E-state index contributed by atoms with van der Waals surface area (Å²) in [6.45, 7) is 9.49. The molecule has 1 amide bonds. The quantitative estimate of drug-likeness (QED) is 0.691. The number of hydrogen-bond acceptors (Lipinski definition) is 3. The molecule has 0 unspecified atom stereocenters. The minimum Gasteiger partial charge on any atom is -0.443 e. The molecule has 0 aliphatic carbocycles. The fraction of sp³-hybridized carbons (Fsp3) is 0.333. The predicted molar refractivity (Wildman–Crippen MR) is 96.2 cm³/mol. The number of amides is 1. The fourth-order valence-corrected chi connectivity index (χ4v) is 2.73. The molecule has 1 aromatic carbocycles. The van der Waals surface area contributed by atoms with Crippen LogP contribution in [0.15, 0.2) is 41.0 Å². The Morgan fingerprint density at radius 1 is 1.13 bits per heavy atom. The SMILES string of the molecule is Cc1ccnc(N(C(=O)OC(C)(C)C)c2ccc(C)cc2Br)c1. The maximum absolute atomic E-state index is 12.8. The van der Waals surface area contributed by atoms with Crippen LogP contribution in [-0.4, -0.2) is 16.7 Å². The van der Waals surface area contributed by atoms with E-state index in [2.05, 4.69) is 20.9 Å². The number of aromatic nitrogens is 1. The topological polar surface area (TPSA) is 42.4 Å². The van der Waals surface area contributed by atoms with Gasteiger partial charge in [0.05, 0.1) is 5.69 Å². The van der Waals surface area contributed by atoms with Crippen LogP contribution in [0.4, 0.5) is 16.3 Å². The Kier molecular flexibility index (Phi) is 5.09. The summed E-state index contributed by atoms with van der Waals surface area (Å²) in [5.41, 5.74) is 2.23. The minimum absolute atomic E-state index is 0.458. The zero-order chi connectivity index (χ0) is 17.2. The van der Waals surface area contributed by atoms with Crippen LogP contribution in [0.2, 0.25) is 0 Å². The number of halogens is 1. The highest BCUT2D eigenvalue weighted by Crippen LogP contribution is 2.33. The van der Waals surface area contributed by atoms with E-state index >= 15 is 0 Å². The molecule has 0 aliphatic heterocycles. The number of carbonyl (C=O) groups is 1. The Labute approximate surface area is 145 Å². The summed E-state index contributed by atoms with van der Waals surface area (Å²) in [5, 5.41) is 0. The van der Waals surface area contributed by atoms with Crippen LogP contribution in [0.5, 0.6) is 0 Å². The van der Waals surface area contributed by atoms with E-state index in [1.165, 1.54) is 4.90 Å². The predicted octanol–water partition coefficient (Wildman–Crippen LogP) is 5.53. The zero-order valence-corrected chi connectivity index (χ0v) is 15.6. The van der Waals surface area contributed by atoms with E-state index in [9.17, 15) is 4.79 Å². The highest BCUT2D eigenvalue weighted by molar-refractivity contribution is 9.10. The van der Waals surface area contributed by atoms with E-state index < -0.39 is 11.7 Å². The van der Waals surface area contributed by atoms with Crippen molar-refractivity contribution in [3.8, 4) is 0 Å². The van der Waals surface area contributed by atoms with Crippen molar-refractivity contribution in [3.63, 3.8) is 0 Å². The van der Waals surface area contributed by atoms with Crippen molar-refractivity contribution in [2.75, 3.05) is 4.90 Å². The molecule has 0 N–H and O–H groups in total. The second-order valence-corrected chi connectivity index (χ2v) is 7.32. The molecule has 2 aromatic rings. The minimum atomic E-state index is -0.587. The van der Waals surface area contributed by atoms with Crippen LogP contribution in [0, 0.1) is 13.8 Å². The van der Waals surface area contributed by atoms with Crippen LogP contribution in [0.1, 0.15) is 31.9 Å². The number of carbonyl (C=O) groups excluding carboxylic acids is 1. The van der Waals surface area contributed by atoms with E-state index in [0.717, 1.165) is 15.6 Å². The maximum Gasteiger partial charge on any atom is 0.420 e. The first-order valence-corrected chi connectivity index (χ1v) is 8.18. The Morgan fingerprint density at radius 3 is 2.35 bits per heavy atom. The smallest absolute Gasteiger partial charge is 0.420 e. The molecule has 5 heteroatoms. The van der Waals surface area contributed by atoms with E-state index in [1.54, 1.807) is 6.20 Å². The van der Waals surface area contributed by atoms with Gasteiger partial charge in [-0.2, -0.15) is 0 Å². The monoisotopic (exact) mass is 376 g/mol. The normalized spacial score (nSPS) is 11.2. The van der Waals surface area contributed by atoms with Crippen molar-refractivity contribution in [3.05, 3.63) is 52.1 Å². The van der Waals surface area contributed by atoms with Gasteiger partial charge in [-0.25, -0.2) is 14.7 Å². The second kappa shape index (κ2) is 6.71. The van der Waals surface area contributed by atoms with Gasteiger partial charge < -0.3 is 4.74 Å². The average Bonchev–Trinajstić information content (AvgIpc) is 2.39. The van der Waals surface area contributed by atoms with Crippen molar-refractivity contribution in [2.45, 2.75) is 40.2 Å². The molecule has 0 bridgehead atoms. The number of rotatable bonds is 2. The van der Waals surface area contributed by atoms with Crippen molar-refractivity contribution < 1.29 is 9.53 Å². The number of anilines is 2. The molecule has 0 atom stereocenters. The lowest BCUT2D eigenvalue weighted by molar-refractivity contribution is 0.0598. The van der Waals surface area contributed by atoms with Gasteiger partial charge in [0.25, 0.3) is 0 Å². The van der Waals surface area contributed by atoms with Crippen LogP contribution < -0.4 is 4.90 Å². The molecule has 0 saturated carbocycles. The number of pyridine rings is 1. The molecule has 4 nitrogen and oxygen atoms in total. The van der Waals surface area contributed by atoms with Crippen molar-refractivity contribution in [1.29, 1.82) is 0 Å². The molecule has 0 radical (unpaired) electrons. The first-order valence-electron chi connectivity index (χ1n) is 7.39. The lowest BCUT2D eigenvalue weighted by atomic mass is 10.2. The summed E-state index contributed by atoms with van der Waals surface area (Å²) in [7, 11) is 0. The van der Waals surface area contributed by atoms with Gasteiger partial charge in [0.15, 0.2) is 0 Å². The van der Waals surface area contributed by atoms with Gasteiger partial charge in [0.2, 0.25) is 0 Å². The molecular formula is C18H21BrN2O2. The van der Waals surface area contributed by atoms with Gasteiger partial charge in [0, 0.05) is 10.7 Å². The first-order chi connectivity index (χ1) is 10.7. The molecular weight excluding hydrogens is 356 g/mol. The second-order valence-electron chi connectivity index (χ2n) is 6.46. The van der Waals surface area contributed by atoms with Gasteiger partial charge in [-0.3, -0.25) is 0 Å². The summed E-state index contributed by atoms with van der Waals surface area (Å²) in [4.78, 5) is 18.6.